The number of hydrogen-bond acceptors (Lipinski definition) is 4. The predicted octanol–water partition coefficient (Wildman–Crippen LogP) is 4.74. The van der Waals surface area contributed by atoms with E-state index < -0.39 is 4.92 Å². The Balaban J connectivity index is 2.22. The summed E-state index contributed by atoms with van der Waals surface area (Å²) in [4.78, 5) is 10.2. The molecule has 2 aromatic carbocycles. The Kier molecular flexibility index (Phi) is 4.77. The molecule has 0 saturated carbocycles. The van der Waals surface area contributed by atoms with Crippen molar-refractivity contribution in [2.45, 2.75) is 6.92 Å². The van der Waals surface area contributed by atoms with Crippen LogP contribution in [-0.2, 0) is 0 Å². The zero-order valence-electron chi connectivity index (χ0n) is 11.0. The second-order valence-electron chi connectivity index (χ2n) is 4.24. The third kappa shape index (κ3) is 3.93. The molecule has 0 aliphatic rings. The first-order valence-corrected chi connectivity index (χ1v) is 6.73. The van der Waals surface area contributed by atoms with Gasteiger partial charge in [-0.2, -0.15) is 5.10 Å². The summed E-state index contributed by atoms with van der Waals surface area (Å²) in [6, 6.07) is 11.2. The summed E-state index contributed by atoms with van der Waals surface area (Å²) >= 11 is 12.0. The first kappa shape index (κ1) is 15.3. The minimum Gasteiger partial charge on any atom is -0.278 e. The summed E-state index contributed by atoms with van der Waals surface area (Å²) in [5.41, 5.74) is 4.59. The molecule has 0 heterocycles. The highest BCUT2D eigenvalue weighted by Gasteiger charge is 2.07. The Morgan fingerprint density at radius 2 is 2.00 bits per heavy atom. The Morgan fingerprint density at radius 3 is 2.71 bits per heavy atom. The van der Waals surface area contributed by atoms with E-state index in [-0.39, 0.29) is 5.69 Å². The van der Waals surface area contributed by atoms with Crippen molar-refractivity contribution in [2.75, 3.05) is 5.43 Å². The number of hydrogen-bond donors (Lipinski definition) is 1. The van der Waals surface area contributed by atoms with Crippen LogP contribution in [0.3, 0.4) is 0 Å². The molecule has 21 heavy (non-hydrogen) atoms. The van der Waals surface area contributed by atoms with Crippen molar-refractivity contribution in [3.63, 3.8) is 0 Å². The van der Waals surface area contributed by atoms with Gasteiger partial charge in [-0.1, -0.05) is 29.3 Å². The molecule has 0 radical (unpaired) electrons. The minimum atomic E-state index is -0.463. The van der Waals surface area contributed by atoms with Gasteiger partial charge in [0.2, 0.25) is 0 Å². The summed E-state index contributed by atoms with van der Waals surface area (Å²) in [7, 11) is 0. The van der Waals surface area contributed by atoms with Crippen LogP contribution in [0, 0.1) is 10.1 Å². The lowest BCUT2D eigenvalue weighted by Crippen LogP contribution is -2.01. The lowest BCUT2D eigenvalue weighted by Gasteiger charge is -2.06. The van der Waals surface area contributed by atoms with Gasteiger partial charge in [-0.05, 0) is 31.2 Å². The van der Waals surface area contributed by atoms with Crippen LogP contribution in [0.2, 0.25) is 10.0 Å². The lowest BCUT2D eigenvalue weighted by atomic mass is 10.1. The third-order valence-corrected chi connectivity index (χ3v) is 3.29. The fraction of sp³-hybridized carbons (Fsp3) is 0.0714. The van der Waals surface area contributed by atoms with Gasteiger partial charge in [0.1, 0.15) is 0 Å². The topological polar surface area (TPSA) is 67.5 Å². The molecule has 0 fully saturated rings. The molecule has 2 rings (SSSR count). The normalized spacial score (nSPS) is 11.3. The van der Waals surface area contributed by atoms with Crippen molar-refractivity contribution in [1.29, 1.82) is 0 Å². The van der Waals surface area contributed by atoms with Crippen LogP contribution in [0.25, 0.3) is 0 Å². The Morgan fingerprint density at radius 1 is 1.24 bits per heavy atom. The van der Waals surface area contributed by atoms with Gasteiger partial charge in [0.05, 0.1) is 16.3 Å². The number of nitrogens with one attached hydrogen (secondary N) is 1. The first-order chi connectivity index (χ1) is 9.97. The van der Waals surface area contributed by atoms with Gasteiger partial charge >= 0.3 is 0 Å². The number of nitrogens with zero attached hydrogens (tertiary/aromatic N) is 2. The summed E-state index contributed by atoms with van der Waals surface area (Å²) in [5.74, 6) is 0. The Hall–Kier alpha value is -2.11. The minimum absolute atomic E-state index is 0.00589. The number of hydrazone groups is 1. The van der Waals surface area contributed by atoms with E-state index in [2.05, 4.69) is 10.5 Å². The number of nitro benzene ring substituents is 1. The fourth-order valence-corrected chi connectivity index (χ4v) is 2.10. The number of halogens is 2. The van der Waals surface area contributed by atoms with Crippen LogP contribution >= 0.6 is 23.2 Å². The Bertz CT molecular complexity index is 717. The van der Waals surface area contributed by atoms with Crippen LogP contribution < -0.4 is 5.43 Å². The average molecular weight is 324 g/mol. The quantitative estimate of drug-likeness (QED) is 0.502. The highest BCUT2D eigenvalue weighted by Crippen LogP contribution is 2.22. The van der Waals surface area contributed by atoms with Gasteiger partial charge in [-0.3, -0.25) is 15.5 Å². The first-order valence-electron chi connectivity index (χ1n) is 5.97. The van der Waals surface area contributed by atoms with Gasteiger partial charge in [0.25, 0.3) is 5.69 Å². The molecule has 0 aromatic heterocycles. The molecule has 0 bridgehead atoms. The highest BCUT2D eigenvalue weighted by molar-refractivity contribution is 6.36. The van der Waals surface area contributed by atoms with E-state index in [9.17, 15) is 10.1 Å². The fourth-order valence-electron chi connectivity index (χ4n) is 1.67. The van der Waals surface area contributed by atoms with Crippen molar-refractivity contribution in [2.24, 2.45) is 5.10 Å². The molecule has 0 aliphatic carbocycles. The molecule has 0 saturated heterocycles. The standard InChI is InChI=1S/C14H11Cl2N3O2/c1-9(13-7-10(15)5-6-14(13)16)17-18-11-3-2-4-12(8-11)19(20)21/h2-8,18H,1H3/b17-9-. The molecule has 0 aliphatic heterocycles. The highest BCUT2D eigenvalue weighted by atomic mass is 35.5. The number of benzene rings is 2. The number of non-ortho nitro benzene ring substituents is 1. The van der Waals surface area contributed by atoms with Crippen molar-refractivity contribution >= 4 is 40.3 Å². The van der Waals surface area contributed by atoms with Crippen LogP contribution in [0.5, 0.6) is 0 Å². The molecular formula is C14H11Cl2N3O2. The number of anilines is 1. The van der Waals surface area contributed by atoms with E-state index in [0.717, 1.165) is 0 Å². The molecule has 7 heteroatoms. The van der Waals surface area contributed by atoms with E-state index in [4.69, 9.17) is 23.2 Å². The largest absolute Gasteiger partial charge is 0.278 e. The third-order valence-electron chi connectivity index (χ3n) is 2.73. The van der Waals surface area contributed by atoms with Crippen molar-refractivity contribution in [3.8, 4) is 0 Å². The van der Waals surface area contributed by atoms with Crippen LogP contribution in [0.1, 0.15) is 12.5 Å². The lowest BCUT2D eigenvalue weighted by molar-refractivity contribution is -0.384. The van der Waals surface area contributed by atoms with Crippen LogP contribution in [-0.4, -0.2) is 10.6 Å². The number of nitro groups is 1. The molecular weight excluding hydrogens is 313 g/mol. The van der Waals surface area contributed by atoms with E-state index in [0.29, 0.717) is 27.0 Å². The summed E-state index contributed by atoms with van der Waals surface area (Å²) in [6.07, 6.45) is 0. The van der Waals surface area contributed by atoms with Gasteiger partial charge in [-0.25, -0.2) is 0 Å². The average Bonchev–Trinajstić information content (AvgIpc) is 2.47. The molecule has 108 valence electrons. The monoisotopic (exact) mass is 323 g/mol. The molecule has 2 aromatic rings. The van der Waals surface area contributed by atoms with Crippen molar-refractivity contribution in [3.05, 3.63) is 68.2 Å². The summed E-state index contributed by atoms with van der Waals surface area (Å²) in [6.45, 7) is 1.77. The van der Waals surface area contributed by atoms with Crippen LogP contribution in [0.15, 0.2) is 47.6 Å². The maximum Gasteiger partial charge on any atom is 0.271 e. The van der Waals surface area contributed by atoms with Gasteiger partial charge in [-0.15, -0.1) is 0 Å². The zero-order valence-corrected chi connectivity index (χ0v) is 12.5. The van der Waals surface area contributed by atoms with E-state index in [1.165, 1.54) is 12.1 Å². The molecule has 0 atom stereocenters. The van der Waals surface area contributed by atoms with Gasteiger partial charge in [0, 0.05) is 27.7 Å². The second-order valence-corrected chi connectivity index (χ2v) is 5.08. The smallest absolute Gasteiger partial charge is 0.271 e. The zero-order chi connectivity index (χ0) is 15.4. The second kappa shape index (κ2) is 6.56. The Labute approximate surface area is 131 Å². The molecule has 1 N–H and O–H groups in total. The van der Waals surface area contributed by atoms with Gasteiger partial charge < -0.3 is 0 Å². The van der Waals surface area contributed by atoms with Crippen molar-refractivity contribution < 1.29 is 4.92 Å². The maximum absolute atomic E-state index is 10.7. The maximum atomic E-state index is 10.7. The van der Waals surface area contributed by atoms with Gasteiger partial charge in [0.15, 0.2) is 0 Å². The van der Waals surface area contributed by atoms with E-state index in [1.807, 2.05) is 0 Å². The van der Waals surface area contributed by atoms with Crippen LogP contribution in [0.4, 0.5) is 11.4 Å². The molecule has 0 amide bonds. The van der Waals surface area contributed by atoms with E-state index in [1.54, 1.807) is 37.3 Å². The molecule has 0 spiro atoms. The summed E-state index contributed by atoms with van der Waals surface area (Å²) in [5, 5.41) is 16.0. The predicted molar refractivity (Wildman–Crippen MR) is 85.4 cm³/mol. The SMILES string of the molecule is C/C(=N/Nc1cccc([N+](=O)[O-])c1)c1cc(Cl)ccc1Cl. The van der Waals surface area contributed by atoms with Crippen molar-refractivity contribution in [1.82, 2.24) is 0 Å². The number of rotatable bonds is 4. The summed E-state index contributed by atoms with van der Waals surface area (Å²) < 4.78 is 0. The molecule has 5 nitrogen and oxygen atoms in total. The molecule has 0 unspecified atom stereocenters. The van der Waals surface area contributed by atoms with E-state index >= 15 is 0 Å².